The summed E-state index contributed by atoms with van der Waals surface area (Å²) in [5, 5.41) is 2.36. The van der Waals surface area contributed by atoms with Crippen LogP contribution >= 0.6 is 0 Å². The summed E-state index contributed by atoms with van der Waals surface area (Å²) in [6.45, 7) is 0. The van der Waals surface area contributed by atoms with Gasteiger partial charge >= 0.3 is 0 Å². The van der Waals surface area contributed by atoms with Crippen LogP contribution in [0.4, 0.5) is 0 Å². The van der Waals surface area contributed by atoms with Crippen LogP contribution in [0.1, 0.15) is 21.5 Å². The molecule has 0 unspecified atom stereocenters. The van der Waals surface area contributed by atoms with Gasteiger partial charge in [0.05, 0.1) is 7.11 Å². The van der Waals surface area contributed by atoms with E-state index >= 15 is 0 Å². The first-order valence-electron chi connectivity index (χ1n) is 6.50. The van der Waals surface area contributed by atoms with Crippen LogP contribution in [0.15, 0.2) is 48.5 Å². The first-order chi connectivity index (χ1) is 10.2. The molecule has 0 saturated carbocycles. The van der Waals surface area contributed by atoms with Gasteiger partial charge in [-0.25, -0.2) is 0 Å². The number of ether oxygens (including phenoxy) is 1. The number of methoxy groups -OCH3 is 1. The minimum absolute atomic E-state index is 0.363. The molecule has 3 rings (SSSR count). The summed E-state index contributed by atoms with van der Waals surface area (Å²) < 4.78 is 5.17. The maximum atomic E-state index is 12.1. The van der Waals surface area contributed by atoms with E-state index in [4.69, 9.17) is 4.74 Å². The van der Waals surface area contributed by atoms with Crippen LogP contribution in [0, 0.1) is 0 Å². The minimum Gasteiger partial charge on any atom is -0.497 e. The van der Waals surface area contributed by atoms with E-state index in [0.717, 1.165) is 5.56 Å². The third-order valence-corrected chi connectivity index (χ3v) is 3.34. The second-order valence-corrected chi connectivity index (χ2v) is 4.66. The van der Waals surface area contributed by atoms with E-state index in [1.54, 1.807) is 31.4 Å². The van der Waals surface area contributed by atoms with Crippen LogP contribution in [0.3, 0.4) is 0 Å². The summed E-state index contributed by atoms with van der Waals surface area (Å²) in [4.78, 5) is 23.9. The molecule has 0 aliphatic carbocycles. The van der Waals surface area contributed by atoms with E-state index in [9.17, 15) is 9.59 Å². The molecule has 2 aromatic carbocycles. The first-order valence-corrected chi connectivity index (χ1v) is 6.50. The molecule has 4 heteroatoms. The second-order valence-electron chi connectivity index (χ2n) is 4.66. The number of hydrogen-bond donors (Lipinski definition) is 1. The Morgan fingerprint density at radius 3 is 2.48 bits per heavy atom. The van der Waals surface area contributed by atoms with E-state index in [2.05, 4.69) is 5.32 Å². The Hall–Kier alpha value is -2.88. The number of fused-ring (bicyclic) bond motifs is 1. The van der Waals surface area contributed by atoms with E-state index < -0.39 is 0 Å². The predicted molar refractivity (Wildman–Crippen MR) is 79.8 cm³/mol. The highest BCUT2D eigenvalue weighted by atomic mass is 16.5. The van der Waals surface area contributed by atoms with Gasteiger partial charge in [-0.2, -0.15) is 0 Å². The van der Waals surface area contributed by atoms with Crippen molar-refractivity contribution in [3.8, 4) is 5.75 Å². The highest BCUT2D eigenvalue weighted by Gasteiger charge is 2.26. The van der Waals surface area contributed by atoms with Crippen LogP contribution in [0.2, 0.25) is 0 Å². The Morgan fingerprint density at radius 1 is 0.952 bits per heavy atom. The molecule has 0 atom stereocenters. The van der Waals surface area contributed by atoms with Crippen molar-refractivity contribution in [3.63, 3.8) is 0 Å². The molecule has 0 aromatic heterocycles. The Bertz CT molecular complexity index is 762. The predicted octanol–water partition coefficient (Wildman–Crippen LogP) is 2.51. The Labute approximate surface area is 122 Å². The van der Waals surface area contributed by atoms with Crippen molar-refractivity contribution in [1.82, 2.24) is 5.32 Å². The number of nitrogens with one attached hydrogen (secondary N) is 1. The summed E-state index contributed by atoms with van der Waals surface area (Å²) in [5.41, 5.74) is 2.46. The molecule has 0 spiro atoms. The van der Waals surface area contributed by atoms with Crippen molar-refractivity contribution in [2.45, 2.75) is 0 Å². The van der Waals surface area contributed by atoms with Crippen molar-refractivity contribution >= 4 is 23.5 Å². The zero-order chi connectivity index (χ0) is 14.8. The molecule has 1 aliphatic heterocycles. The molecule has 1 aliphatic rings. The Morgan fingerprint density at radius 2 is 1.71 bits per heavy atom. The van der Waals surface area contributed by atoms with Crippen molar-refractivity contribution in [3.05, 3.63) is 65.2 Å². The molecule has 2 aromatic rings. The van der Waals surface area contributed by atoms with Gasteiger partial charge in [0.15, 0.2) is 0 Å². The third kappa shape index (κ3) is 2.43. The van der Waals surface area contributed by atoms with Gasteiger partial charge in [-0.3, -0.25) is 14.9 Å². The molecule has 0 radical (unpaired) electrons. The molecular weight excluding hydrogens is 266 g/mol. The van der Waals surface area contributed by atoms with Gasteiger partial charge < -0.3 is 4.74 Å². The monoisotopic (exact) mass is 279 g/mol. The van der Waals surface area contributed by atoms with Gasteiger partial charge in [0.25, 0.3) is 11.8 Å². The van der Waals surface area contributed by atoms with E-state index in [-0.39, 0.29) is 11.8 Å². The van der Waals surface area contributed by atoms with Crippen LogP contribution < -0.4 is 10.1 Å². The minimum atomic E-state index is -0.387. The topological polar surface area (TPSA) is 55.4 Å². The summed E-state index contributed by atoms with van der Waals surface area (Å²) in [6, 6.07) is 14.5. The van der Waals surface area contributed by atoms with Gasteiger partial charge in [-0.05, 0) is 35.4 Å². The van der Waals surface area contributed by atoms with Crippen molar-refractivity contribution in [2.24, 2.45) is 0 Å². The Balaban J connectivity index is 2.12. The molecular formula is C17H13NO3. The van der Waals surface area contributed by atoms with E-state index in [1.807, 2.05) is 30.3 Å². The van der Waals surface area contributed by atoms with Gasteiger partial charge in [-0.1, -0.05) is 30.3 Å². The molecule has 104 valence electrons. The lowest BCUT2D eigenvalue weighted by atomic mass is 9.93. The van der Waals surface area contributed by atoms with Gasteiger partial charge in [0.2, 0.25) is 0 Å². The molecule has 21 heavy (non-hydrogen) atoms. The molecule has 0 fully saturated rings. The largest absolute Gasteiger partial charge is 0.497 e. The number of amides is 2. The zero-order valence-corrected chi connectivity index (χ0v) is 11.4. The molecule has 0 saturated heterocycles. The highest BCUT2D eigenvalue weighted by molar-refractivity contribution is 6.33. The molecule has 0 bridgehead atoms. The zero-order valence-electron chi connectivity index (χ0n) is 11.4. The van der Waals surface area contributed by atoms with Gasteiger partial charge in [0.1, 0.15) is 5.75 Å². The number of carbonyl (C=O) groups is 2. The number of rotatable bonds is 2. The van der Waals surface area contributed by atoms with Gasteiger partial charge in [-0.15, -0.1) is 0 Å². The summed E-state index contributed by atoms with van der Waals surface area (Å²) in [6.07, 6.45) is 1.75. The lowest BCUT2D eigenvalue weighted by molar-refractivity contribution is -0.114. The smallest absolute Gasteiger partial charge is 0.258 e. The molecule has 2 amide bonds. The SMILES string of the molecule is COc1cccc(/C=C2\C(=O)NC(=O)c3ccccc32)c1. The fraction of sp³-hybridized carbons (Fsp3) is 0.0588. The number of benzene rings is 2. The lowest BCUT2D eigenvalue weighted by Gasteiger charge is -2.18. The first kappa shape index (κ1) is 13.1. The summed E-state index contributed by atoms with van der Waals surface area (Å²) in [7, 11) is 1.59. The van der Waals surface area contributed by atoms with E-state index in [1.165, 1.54) is 0 Å². The summed E-state index contributed by atoms with van der Waals surface area (Å²) in [5.74, 6) is -0.0372. The average Bonchev–Trinajstić information content (AvgIpc) is 2.51. The van der Waals surface area contributed by atoms with Crippen LogP contribution in [0.5, 0.6) is 5.75 Å². The second kappa shape index (κ2) is 5.25. The third-order valence-electron chi connectivity index (χ3n) is 3.34. The van der Waals surface area contributed by atoms with Crippen molar-refractivity contribution in [2.75, 3.05) is 7.11 Å². The van der Waals surface area contributed by atoms with Crippen molar-refractivity contribution in [1.29, 1.82) is 0 Å². The maximum Gasteiger partial charge on any atom is 0.258 e. The molecule has 1 heterocycles. The fourth-order valence-electron chi connectivity index (χ4n) is 2.32. The highest BCUT2D eigenvalue weighted by Crippen LogP contribution is 2.26. The fourth-order valence-corrected chi connectivity index (χ4v) is 2.32. The molecule has 4 nitrogen and oxygen atoms in total. The average molecular weight is 279 g/mol. The molecule has 1 N–H and O–H groups in total. The van der Waals surface area contributed by atoms with Crippen molar-refractivity contribution < 1.29 is 14.3 Å². The number of carbonyl (C=O) groups excluding carboxylic acids is 2. The lowest BCUT2D eigenvalue weighted by Crippen LogP contribution is -2.36. The van der Waals surface area contributed by atoms with Crippen LogP contribution in [0.25, 0.3) is 11.6 Å². The van der Waals surface area contributed by atoms with Crippen LogP contribution in [-0.2, 0) is 4.79 Å². The number of imide groups is 1. The Kier molecular flexibility index (Phi) is 3.28. The van der Waals surface area contributed by atoms with E-state index in [0.29, 0.717) is 22.4 Å². The normalized spacial score (nSPS) is 15.6. The van der Waals surface area contributed by atoms with Gasteiger partial charge in [0, 0.05) is 11.1 Å². The standard InChI is InChI=1S/C17H13NO3/c1-21-12-6-4-5-11(9-12)10-15-13-7-2-3-8-14(13)16(19)18-17(15)20/h2-10H,1H3,(H,18,19,20)/b15-10-. The number of hydrogen-bond acceptors (Lipinski definition) is 3. The van der Waals surface area contributed by atoms with Crippen LogP contribution in [-0.4, -0.2) is 18.9 Å². The quantitative estimate of drug-likeness (QED) is 0.679. The maximum absolute atomic E-state index is 12.1. The summed E-state index contributed by atoms with van der Waals surface area (Å²) >= 11 is 0.